The standard InChI is InChI=1S/C14H20O.C13H18F2.3C2H6/c1-10-7-11(13(2,3)15)9-12(8-10)14(4)5-6-14;1-9-6-10(12(2,3)4)8-11(7-9)13(5,14)15;3*1-2/h7-9,15H,5-6H2,1-4H3;6-8H,1-5H3;3*1-2H3. The Morgan fingerprint density at radius 2 is 1.03 bits per heavy atom. The van der Waals surface area contributed by atoms with E-state index in [1.165, 1.54) is 24.0 Å². The van der Waals surface area contributed by atoms with Gasteiger partial charge in [0.1, 0.15) is 0 Å². The van der Waals surface area contributed by atoms with E-state index in [1.54, 1.807) is 12.1 Å². The molecule has 3 heteroatoms. The van der Waals surface area contributed by atoms with Crippen LogP contribution in [0.15, 0.2) is 36.4 Å². The number of aryl methyl sites for hydroxylation is 2. The fourth-order valence-electron chi connectivity index (χ4n) is 3.43. The summed E-state index contributed by atoms with van der Waals surface area (Å²) in [5, 5.41) is 10.0. The van der Waals surface area contributed by atoms with E-state index in [2.05, 4.69) is 32.0 Å². The molecular weight excluding hydrogens is 450 g/mol. The Balaban J connectivity index is 0. The van der Waals surface area contributed by atoms with Crippen LogP contribution in [0.1, 0.15) is 136 Å². The predicted molar refractivity (Wildman–Crippen MR) is 157 cm³/mol. The fourth-order valence-corrected chi connectivity index (χ4v) is 3.43. The van der Waals surface area contributed by atoms with Crippen LogP contribution in [0, 0.1) is 13.8 Å². The second-order valence-electron chi connectivity index (χ2n) is 10.9. The predicted octanol–water partition coefficient (Wildman–Crippen LogP) is 10.8. The first-order chi connectivity index (χ1) is 16.4. The summed E-state index contributed by atoms with van der Waals surface area (Å²) >= 11 is 0. The summed E-state index contributed by atoms with van der Waals surface area (Å²) < 4.78 is 26.4. The van der Waals surface area contributed by atoms with Crippen molar-refractivity contribution in [1.82, 2.24) is 0 Å². The van der Waals surface area contributed by atoms with Crippen LogP contribution in [-0.2, 0) is 22.4 Å². The first-order valence-corrected chi connectivity index (χ1v) is 13.8. The van der Waals surface area contributed by atoms with Gasteiger partial charge in [-0.3, -0.25) is 0 Å². The minimum Gasteiger partial charge on any atom is -0.386 e. The molecule has 0 aromatic heterocycles. The summed E-state index contributed by atoms with van der Waals surface area (Å²) in [5.41, 5.74) is 5.18. The van der Waals surface area contributed by atoms with E-state index < -0.39 is 11.5 Å². The molecule has 0 amide bonds. The van der Waals surface area contributed by atoms with Crippen molar-refractivity contribution in [2.24, 2.45) is 0 Å². The molecule has 1 saturated carbocycles. The zero-order valence-electron chi connectivity index (χ0n) is 26.1. The lowest BCUT2D eigenvalue weighted by Crippen LogP contribution is -2.17. The van der Waals surface area contributed by atoms with Gasteiger partial charge in [-0.25, -0.2) is 8.78 Å². The molecule has 1 N–H and O–H groups in total. The van der Waals surface area contributed by atoms with Gasteiger partial charge in [0.2, 0.25) is 0 Å². The van der Waals surface area contributed by atoms with Gasteiger partial charge in [0.15, 0.2) is 0 Å². The van der Waals surface area contributed by atoms with Gasteiger partial charge in [0.25, 0.3) is 5.92 Å². The number of hydrogen-bond acceptors (Lipinski definition) is 1. The van der Waals surface area contributed by atoms with Gasteiger partial charge in [-0.1, -0.05) is 111 Å². The Morgan fingerprint density at radius 1 is 0.639 bits per heavy atom. The zero-order chi connectivity index (χ0) is 29.1. The molecule has 2 aromatic carbocycles. The largest absolute Gasteiger partial charge is 0.386 e. The second-order valence-corrected chi connectivity index (χ2v) is 10.9. The highest BCUT2D eigenvalue weighted by Crippen LogP contribution is 2.48. The first kappa shape index (κ1) is 36.4. The molecule has 0 heterocycles. The van der Waals surface area contributed by atoms with Gasteiger partial charge in [0.05, 0.1) is 5.60 Å². The number of rotatable bonds is 3. The lowest BCUT2D eigenvalue weighted by Gasteiger charge is -2.22. The molecule has 0 radical (unpaired) electrons. The van der Waals surface area contributed by atoms with Gasteiger partial charge in [-0.2, -0.15) is 0 Å². The third kappa shape index (κ3) is 12.0. The van der Waals surface area contributed by atoms with Crippen molar-refractivity contribution in [2.45, 2.75) is 139 Å². The molecule has 0 atom stereocenters. The average Bonchev–Trinajstić information content (AvgIpc) is 3.54. The minimum atomic E-state index is -2.76. The van der Waals surface area contributed by atoms with Gasteiger partial charge in [-0.05, 0) is 74.1 Å². The van der Waals surface area contributed by atoms with Crippen LogP contribution in [-0.4, -0.2) is 5.11 Å². The molecular formula is C33H56F2O. The summed E-state index contributed by atoms with van der Waals surface area (Å²) in [6.07, 6.45) is 2.56. The molecule has 2 aromatic rings. The third-order valence-electron chi connectivity index (χ3n) is 5.93. The van der Waals surface area contributed by atoms with Gasteiger partial charge < -0.3 is 5.11 Å². The van der Waals surface area contributed by atoms with Crippen LogP contribution in [0.4, 0.5) is 8.78 Å². The summed E-state index contributed by atoms with van der Waals surface area (Å²) in [7, 11) is 0. The van der Waals surface area contributed by atoms with Crippen LogP contribution in [0.2, 0.25) is 0 Å². The molecule has 1 fully saturated rings. The van der Waals surface area contributed by atoms with E-state index in [0.717, 1.165) is 23.6 Å². The van der Waals surface area contributed by atoms with Crippen LogP contribution in [0.25, 0.3) is 0 Å². The summed E-state index contributed by atoms with van der Waals surface area (Å²) in [6, 6.07) is 11.6. The van der Waals surface area contributed by atoms with Crippen LogP contribution < -0.4 is 0 Å². The van der Waals surface area contributed by atoms with Crippen molar-refractivity contribution < 1.29 is 13.9 Å². The monoisotopic (exact) mass is 506 g/mol. The molecule has 36 heavy (non-hydrogen) atoms. The van der Waals surface area contributed by atoms with Crippen molar-refractivity contribution in [3.05, 3.63) is 69.8 Å². The molecule has 1 aliphatic carbocycles. The highest BCUT2D eigenvalue weighted by atomic mass is 19.3. The molecule has 3 rings (SSSR count). The first-order valence-electron chi connectivity index (χ1n) is 13.8. The minimum absolute atomic E-state index is 0.0913. The average molecular weight is 507 g/mol. The van der Waals surface area contributed by atoms with Crippen molar-refractivity contribution in [2.75, 3.05) is 0 Å². The maximum atomic E-state index is 13.2. The molecule has 1 nitrogen and oxygen atoms in total. The maximum Gasteiger partial charge on any atom is 0.270 e. The van der Waals surface area contributed by atoms with E-state index >= 15 is 0 Å². The number of alkyl halides is 2. The fraction of sp³-hybridized carbons (Fsp3) is 0.636. The number of hydrogen-bond donors (Lipinski definition) is 1. The topological polar surface area (TPSA) is 20.2 Å². The SMILES string of the molecule is CC.CC.CC.Cc1cc(C(C)(C)C)cc(C(C)(F)F)c1.Cc1cc(C(C)(C)O)cc(C2(C)CC2)c1. The molecule has 208 valence electrons. The van der Waals surface area contributed by atoms with Crippen molar-refractivity contribution >= 4 is 0 Å². The lowest BCUT2D eigenvalue weighted by atomic mass is 9.84. The Bertz CT molecular complexity index is 766. The zero-order valence-corrected chi connectivity index (χ0v) is 26.1. The quantitative estimate of drug-likeness (QED) is 0.439. The second kappa shape index (κ2) is 14.9. The van der Waals surface area contributed by atoms with Crippen molar-refractivity contribution in [1.29, 1.82) is 0 Å². The lowest BCUT2D eigenvalue weighted by molar-refractivity contribution is 0.0173. The Labute approximate surface area is 222 Å². The van der Waals surface area contributed by atoms with E-state index in [4.69, 9.17) is 0 Å². The van der Waals surface area contributed by atoms with Crippen LogP contribution in [0.5, 0.6) is 0 Å². The summed E-state index contributed by atoms with van der Waals surface area (Å²) in [4.78, 5) is 0. The Hall–Kier alpha value is -1.74. The van der Waals surface area contributed by atoms with Gasteiger partial charge in [0, 0.05) is 12.5 Å². The maximum absolute atomic E-state index is 13.2. The summed E-state index contributed by atoms with van der Waals surface area (Å²) in [6.45, 7) is 29.0. The summed E-state index contributed by atoms with van der Waals surface area (Å²) in [5.74, 6) is -2.76. The molecule has 0 unspecified atom stereocenters. The normalized spacial score (nSPS) is 13.8. The Kier molecular flexibility index (Phi) is 15.0. The number of aliphatic hydroxyl groups is 1. The highest BCUT2D eigenvalue weighted by molar-refractivity contribution is 5.39. The van der Waals surface area contributed by atoms with E-state index in [-0.39, 0.29) is 11.0 Å². The molecule has 0 aliphatic heterocycles. The molecule has 0 saturated heterocycles. The molecule has 0 spiro atoms. The van der Waals surface area contributed by atoms with E-state index in [0.29, 0.717) is 5.41 Å². The Morgan fingerprint density at radius 3 is 1.39 bits per heavy atom. The smallest absolute Gasteiger partial charge is 0.270 e. The third-order valence-corrected chi connectivity index (χ3v) is 5.93. The van der Waals surface area contributed by atoms with Crippen molar-refractivity contribution in [3.63, 3.8) is 0 Å². The van der Waals surface area contributed by atoms with Crippen molar-refractivity contribution in [3.8, 4) is 0 Å². The van der Waals surface area contributed by atoms with Gasteiger partial charge in [-0.15, -0.1) is 0 Å². The number of benzene rings is 2. The van der Waals surface area contributed by atoms with E-state index in [1.807, 2.05) is 89.2 Å². The highest BCUT2D eigenvalue weighted by Gasteiger charge is 2.39. The van der Waals surface area contributed by atoms with Crippen LogP contribution >= 0.6 is 0 Å². The van der Waals surface area contributed by atoms with Crippen LogP contribution in [0.3, 0.4) is 0 Å². The molecule has 1 aliphatic rings. The van der Waals surface area contributed by atoms with Gasteiger partial charge >= 0.3 is 0 Å². The van der Waals surface area contributed by atoms with E-state index in [9.17, 15) is 13.9 Å². The molecule has 0 bridgehead atoms. The number of halogens is 2.